The maximum atomic E-state index is 12.8. The number of nitrogens with zero attached hydrogens (tertiary/aromatic N) is 1. The Balaban J connectivity index is 1.85. The highest BCUT2D eigenvalue weighted by atomic mass is 35.5. The molecule has 6 heteroatoms. The predicted molar refractivity (Wildman–Crippen MR) is 99.2 cm³/mol. The topological polar surface area (TPSA) is 55.8 Å². The highest BCUT2D eigenvalue weighted by Gasteiger charge is 2.38. The number of benzene rings is 2. The predicted octanol–water partition coefficient (Wildman–Crippen LogP) is 3.27. The lowest BCUT2D eigenvalue weighted by molar-refractivity contribution is -0.136. The van der Waals surface area contributed by atoms with Gasteiger partial charge in [0.15, 0.2) is 11.5 Å². The summed E-state index contributed by atoms with van der Waals surface area (Å²) >= 11 is 6.20. The number of rotatable bonds is 6. The molecule has 134 valence electrons. The fraction of sp³-hybridized carbons (Fsp3) is 0.200. The van der Waals surface area contributed by atoms with Crippen molar-refractivity contribution in [3.63, 3.8) is 0 Å². The molecule has 5 nitrogen and oxygen atoms in total. The van der Waals surface area contributed by atoms with E-state index >= 15 is 0 Å². The van der Waals surface area contributed by atoms with Crippen LogP contribution in [0.15, 0.2) is 53.6 Å². The normalized spacial score (nSPS) is 14.2. The van der Waals surface area contributed by atoms with Crippen LogP contribution in [-0.2, 0) is 16.0 Å². The van der Waals surface area contributed by atoms with Crippen molar-refractivity contribution < 1.29 is 19.1 Å². The molecule has 1 aliphatic heterocycles. The minimum atomic E-state index is -0.475. The van der Waals surface area contributed by atoms with Crippen LogP contribution in [0.5, 0.6) is 11.5 Å². The second-order valence-electron chi connectivity index (χ2n) is 5.76. The minimum Gasteiger partial charge on any atom is -0.493 e. The quantitative estimate of drug-likeness (QED) is 0.731. The van der Waals surface area contributed by atoms with Gasteiger partial charge in [0.25, 0.3) is 11.8 Å². The minimum absolute atomic E-state index is 0.0738. The van der Waals surface area contributed by atoms with Gasteiger partial charge >= 0.3 is 0 Å². The molecule has 0 saturated carbocycles. The molecule has 0 N–H and O–H groups in total. The number of carbonyl (C=O) groups excluding carboxylic acids is 2. The second-order valence-corrected chi connectivity index (χ2v) is 6.13. The van der Waals surface area contributed by atoms with Crippen molar-refractivity contribution in [1.29, 1.82) is 0 Å². The van der Waals surface area contributed by atoms with Crippen LogP contribution in [0.3, 0.4) is 0 Å². The summed E-state index contributed by atoms with van der Waals surface area (Å²) in [6.45, 7) is 0.273. The van der Waals surface area contributed by atoms with E-state index < -0.39 is 11.8 Å². The van der Waals surface area contributed by atoms with Gasteiger partial charge in [-0.25, -0.2) is 0 Å². The molecule has 0 saturated heterocycles. The van der Waals surface area contributed by atoms with E-state index in [1.165, 1.54) is 19.1 Å². The van der Waals surface area contributed by atoms with Gasteiger partial charge in [0.05, 0.1) is 19.8 Å². The fourth-order valence-corrected chi connectivity index (χ4v) is 3.17. The number of imide groups is 1. The molecule has 2 aromatic rings. The molecule has 0 spiro atoms. The van der Waals surface area contributed by atoms with E-state index in [0.29, 0.717) is 23.5 Å². The molecule has 0 aromatic heterocycles. The summed E-state index contributed by atoms with van der Waals surface area (Å²) in [5.74, 6) is 0.121. The van der Waals surface area contributed by atoms with Crippen molar-refractivity contribution in [3.05, 3.63) is 64.7 Å². The van der Waals surface area contributed by atoms with Crippen LogP contribution in [0.2, 0.25) is 0 Å². The molecule has 0 unspecified atom stereocenters. The number of methoxy groups -OCH3 is 2. The number of halogens is 1. The Morgan fingerprint density at radius 1 is 0.923 bits per heavy atom. The van der Waals surface area contributed by atoms with E-state index in [9.17, 15) is 9.59 Å². The molecule has 1 aliphatic rings. The number of hydrogen-bond acceptors (Lipinski definition) is 4. The third kappa shape index (κ3) is 3.30. The Bertz CT molecular complexity index is 877. The van der Waals surface area contributed by atoms with Gasteiger partial charge in [-0.3, -0.25) is 14.5 Å². The zero-order chi connectivity index (χ0) is 18.7. The fourth-order valence-electron chi connectivity index (χ4n) is 2.88. The summed E-state index contributed by atoms with van der Waals surface area (Å²) < 4.78 is 10.5. The highest BCUT2D eigenvalue weighted by molar-refractivity contribution is 6.55. The van der Waals surface area contributed by atoms with Gasteiger partial charge < -0.3 is 9.47 Å². The van der Waals surface area contributed by atoms with Crippen molar-refractivity contribution in [2.45, 2.75) is 6.42 Å². The van der Waals surface area contributed by atoms with Gasteiger partial charge in [0.1, 0.15) is 5.03 Å². The van der Waals surface area contributed by atoms with E-state index in [1.54, 1.807) is 18.2 Å². The third-order valence-electron chi connectivity index (χ3n) is 4.25. The third-order valence-corrected chi connectivity index (χ3v) is 4.60. The Hall–Kier alpha value is -2.79. The first-order valence-corrected chi connectivity index (χ1v) is 8.47. The molecule has 0 radical (unpaired) electrons. The highest BCUT2D eigenvalue weighted by Crippen LogP contribution is 2.36. The first kappa shape index (κ1) is 18.0. The average molecular weight is 372 g/mol. The van der Waals surface area contributed by atoms with Crippen LogP contribution in [0, 0.1) is 0 Å². The van der Waals surface area contributed by atoms with E-state index in [2.05, 4.69) is 0 Å². The van der Waals surface area contributed by atoms with Gasteiger partial charge in [-0.2, -0.15) is 0 Å². The molecule has 26 heavy (non-hydrogen) atoms. The Morgan fingerprint density at radius 3 is 2.27 bits per heavy atom. The van der Waals surface area contributed by atoms with E-state index in [1.807, 2.05) is 30.3 Å². The van der Waals surface area contributed by atoms with Gasteiger partial charge in [-0.1, -0.05) is 48.0 Å². The van der Waals surface area contributed by atoms with Crippen molar-refractivity contribution in [2.24, 2.45) is 0 Å². The molecule has 0 aliphatic carbocycles. The lowest BCUT2D eigenvalue weighted by Crippen LogP contribution is -2.33. The Labute approximate surface area is 156 Å². The van der Waals surface area contributed by atoms with Gasteiger partial charge in [-0.05, 0) is 29.7 Å². The smallest absolute Gasteiger partial charge is 0.273 e. The number of amides is 2. The molecule has 1 heterocycles. The monoisotopic (exact) mass is 371 g/mol. The summed E-state index contributed by atoms with van der Waals surface area (Å²) in [7, 11) is 3.03. The second kappa shape index (κ2) is 7.62. The first-order chi connectivity index (χ1) is 12.6. The van der Waals surface area contributed by atoms with E-state index in [0.717, 1.165) is 5.56 Å². The van der Waals surface area contributed by atoms with Crippen LogP contribution < -0.4 is 9.47 Å². The van der Waals surface area contributed by atoms with Crippen molar-refractivity contribution >= 4 is 29.0 Å². The maximum absolute atomic E-state index is 12.8. The summed E-state index contributed by atoms with van der Waals surface area (Å²) in [4.78, 5) is 26.4. The molecule has 2 amide bonds. The molecule has 2 aromatic carbocycles. The van der Waals surface area contributed by atoms with E-state index in [4.69, 9.17) is 21.1 Å². The lowest BCUT2D eigenvalue weighted by atomic mass is 10.1. The maximum Gasteiger partial charge on any atom is 0.273 e. The largest absolute Gasteiger partial charge is 0.493 e. The summed E-state index contributed by atoms with van der Waals surface area (Å²) in [5.41, 5.74) is 1.75. The molecule has 3 rings (SSSR count). The SMILES string of the molecule is COc1ccc(C2=C(Cl)C(=O)N(CCc3ccccc3)C2=O)cc1OC. The van der Waals surface area contributed by atoms with Crippen LogP contribution in [-0.4, -0.2) is 37.5 Å². The lowest BCUT2D eigenvalue weighted by Gasteiger charge is -2.15. The number of carbonyl (C=O) groups is 2. The van der Waals surface area contributed by atoms with Crippen molar-refractivity contribution in [3.8, 4) is 11.5 Å². The van der Waals surface area contributed by atoms with Crippen LogP contribution in [0.1, 0.15) is 11.1 Å². The van der Waals surface area contributed by atoms with Gasteiger partial charge in [-0.15, -0.1) is 0 Å². The molecule has 0 atom stereocenters. The van der Waals surface area contributed by atoms with Crippen molar-refractivity contribution in [1.82, 2.24) is 4.90 Å². The molecular weight excluding hydrogens is 354 g/mol. The summed E-state index contributed by atoms with van der Waals surface area (Å²) in [6.07, 6.45) is 0.571. The van der Waals surface area contributed by atoms with Crippen LogP contribution >= 0.6 is 11.6 Å². The van der Waals surface area contributed by atoms with Crippen LogP contribution in [0.25, 0.3) is 5.57 Å². The standard InChI is InChI=1S/C20H18ClNO4/c1-25-15-9-8-14(12-16(15)26-2)17-18(21)20(24)22(19(17)23)11-10-13-6-4-3-5-7-13/h3-9,12H,10-11H2,1-2H3. The summed E-state index contributed by atoms with van der Waals surface area (Å²) in [6, 6.07) is 14.7. The average Bonchev–Trinajstić information content (AvgIpc) is 2.89. The summed E-state index contributed by atoms with van der Waals surface area (Å²) in [5, 5.41) is -0.0738. The molecule has 0 fully saturated rings. The number of hydrogen-bond donors (Lipinski definition) is 0. The van der Waals surface area contributed by atoms with Crippen LogP contribution in [0.4, 0.5) is 0 Å². The van der Waals surface area contributed by atoms with Gasteiger partial charge in [0.2, 0.25) is 0 Å². The zero-order valence-electron chi connectivity index (χ0n) is 14.5. The molecule has 0 bridgehead atoms. The van der Waals surface area contributed by atoms with E-state index in [-0.39, 0.29) is 17.2 Å². The Kier molecular flexibility index (Phi) is 5.28. The molecular formula is C20H18ClNO4. The van der Waals surface area contributed by atoms with Crippen molar-refractivity contribution in [2.75, 3.05) is 20.8 Å². The van der Waals surface area contributed by atoms with Gasteiger partial charge in [0, 0.05) is 6.54 Å². The Morgan fingerprint density at radius 2 is 1.62 bits per heavy atom. The first-order valence-electron chi connectivity index (χ1n) is 8.09. The zero-order valence-corrected chi connectivity index (χ0v) is 15.2. The number of ether oxygens (including phenoxy) is 2.